The molecule has 18 heavy (non-hydrogen) atoms. The van der Waals surface area contributed by atoms with E-state index in [1.165, 1.54) is 6.92 Å². The van der Waals surface area contributed by atoms with Crippen LogP contribution in [-0.4, -0.2) is 18.4 Å². The van der Waals surface area contributed by atoms with Crippen LogP contribution in [0.2, 0.25) is 0 Å². The van der Waals surface area contributed by atoms with Gasteiger partial charge in [-0.05, 0) is 30.7 Å². The van der Waals surface area contributed by atoms with E-state index in [9.17, 15) is 9.59 Å². The van der Waals surface area contributed by atoms with E-state index in [0.717, 1.165) is 5.56 Å². The van der Waals surface area contributed by atoms with E-state index in [1.54, 1.807) is 18.2 Å². The fourth-order valence-electron chi connectivity index (χ4n) is 1.60. The summed E-state index contributed by atoms with van der Waals surface area (Å²) in [5.74, 6) is -0.238. The van der Waals surface area contributed by atoms with Gasteiger partial charge in [-0.3, -0.25) is 9.59 Å². The Bertz CT molecular complexity index is 534. The van der Waals surface area contributed by atoms with Crippen molar-refractivity contribution < 1.29 is 19.2 Å². The Hall–Kier alpha value is -2.30. The van der Waals surface area contributed by atoms with Gasteiger partial charge in [0.05, 0.1) is 5.56 Å². The highest BCUT2D eigenvalue weighted by atomic mass is 16.7. The van der Waals surface area contributed by atoms with E-state index >= 15 is 0 Å². The summed E-state index contributed by atoms with van der Waals surface area (Å²) in [6.45, 7) is 3.42. The summed E-state index contributed by atoms with van der Waals surface area (Å²) in [6.07, 6.45) is 1.54. The lowest BCUT2D eigenvalue weighted by molar-refractivity contribution is -0.146. The van der Waals surface area contributed by atoms with Crippen molar-refractivity contribution in [3.05, 3.63) is 41.1 Å². The Morgan fingerprint density at radius 1 is 1.44 bits per heavy atom. The van der Waals surface area contributed by atoms with Crippen molar-refractivity contribution in [3.63, 3.8) is 0 Å². The van der Waals surface area contributed by atoms with Gasteiger partial charge in [-0.1, -0.05) is 6.07 Å². The third kappa shape index (κ3) is 2.51. The summed E-state index contributed by atoms with van der Waals surface area (Å²) in [4.78, 5) is 27.5. The van der Waals surface area contributed by atoms with Gasteiger partial charge in [-0.2, -0.15) is 0 Å². The van der Waals surface area contributed by atoms with Gasteiger partial charge in [0.1, 0.15) is 18.1 Å². The lowest BCUT2D eigenvalue weighted by atomic mass is 10.1. The molecule has 1 aliphatic heterocycles. The lowest BCUT2D eigenvalue weighted by Crippen LogP contribution is -2.23. The van der Waals surface area contributed by atoms with Gasteiger partial charge in [0.15, 0.2) is 0 Å². The number of carbonyl (C=O) groups is 2. The summed E-state index contributed by atoms with van der Waals surface area (Å²) in [7, 11) is 0. The molecule has 0 saturated heterocycles. The van der Waals surface area contributed by atoms with Gasteiger partial charge in [0.2, 0.25) is 5.78 Å². The highest BCUT2D eigenvalue weighted by molar-refractivity contribution is 6.10. The number of ketones is 1. The molecule has 5 nitrogen and oxygen atoms in total. The van der Waals surface area contributed by atoms with Crippen LogP contribution in [0.4, 0.5) is 0 Å². The molecule has 0 aromatic heterocycles. The molecule has 1 aliphatic rings. The van der Waals surface area contributed by atoms with Crippen LogP contribution in [-0.2, 0) is 9.63 Å². The van der Waals surface area contributed by atoms with Crippen LogP contribution in [0.15, 0.2) is 30.0 Å². The first kappa shape index (κ1) is 12.2. The standard InChI is InChI=1S/C13H13NO4/c1-8-3-4-10-12(7-8)17-6-5-11(13(10)16)14-18-9(2)15/h3-5,7,14H,6H2,1-2H3. The minimum Gasteiger partial charge on any atom is -0.489 e. The highest BCUT2D eigenvalue weighted by Crippen LogP contribution is 2.24. The minimum atomic E-state index is -0.516. The molecule has 1 N–H and O–H groups in total. The minimum absolute atomic E-state index is 0.202. The smallest absolute Gasteiger partial charge is 0.329 e. The van der Waals surface area contributed by atoms with Gasteiger partial charge in [0, 0.05) is 6.92 Å². The number of hydrogen-bond acceptors (Lipinski definition) is 5. The van der Waals surface area contributed by atoms with Crippen molar-refractivity contribution in [3.8, 4) is 5.75 Å². The molecule has 0 spiro atoms. The molecular weight excluding hydrogens is 234 g/mol. The van der Waals surface area contributed by atoms with Crippen LogP contribution in [0.25, 0.3) is 0 Å². The largest absolute Gasteiger partial charge is 0.489 e. The molecule has 0 saturated carbocycles. The SMILES string of the molecule is CC(=O)ONC1=CCOc2cc(C)ccc2C1=O. The topological polar surface area (TPSA) is 64.6 Å². The zero-order valence-corrected chi connectivity index (χ0v) is 10.1. The molecule has 0 bridgehead atoms. The van der Waals surface area contributed by atoms with Crippen molar-refractivity contribution in [2.24, 2.45) is 0 Å². The van der Waals surface area contributed by atoms with E-state index in [4.69, 9.17) is 4.74 Å². The van der Waals surface area contributed by atoms with E-state index in [2.05, 4.69) is 10.3 Å². The number of benzene rings is 1. The summed E-state index contributed by atoms with van der Waals surface area (Å²) in [5.41, 5.74) is 4.01. The molecule has 2 rings (SSSR count). The summed E-state index contributed by atoms with van der Waals surface area (Å²) in [6, 6.07) is 5.33. The fraction of sp³-hybridized carbons (Fsp3) is 0.231. The molecular formula is C13H13NO4. The fourth-order valence-corrected chi connectivity index (χ4v) is 1.60. The molecule has 0 amide bonds. The molecule has 0 fully saturated rings. The molecule has 1 heterocycles. The molecule has 0 atom stereocenters. The third-order valence-electron chi connectivity index (χ3n) is 2.46. The predicted octanol–water partition coefficient (Wildman–Crippen LogP) is 1.52. The zero-order chi connectivity index (χ0) is 13.1. The average Bonchev–Trinajstić information content (AvgIpc) is 2.46. The number of Topliss-reactive ketones (excluding diaryl/α,β-unsaturated/α-hetero) is 1. The number of carbonyl (C=O) groups excluding carboxylic acids is 2. The molecule has 94 valence electrons. The third-order valence-corrected chi connectivity index (χ3v) is 2.46. The quantitative estimate of drug-likeness (QED) is 0.803. The predicted molar refractivity (Wildman–Crippen MR) is 64.0 cm³/mol. The second-order valence-electron chi connectivity index (χ2n) is 3.95. The molecule has 1 aromatic carbocycles. The van der Waals surface area contributed by atoms with Gasteiger partial charge >= 0.3 is 5.97 Å². The first-order chi connectivity index (χ1) is 8.58. The maximum absolute atomic E-state index is 12.2. The Morgan fingerprint density at radius 2 is 2.22 bits per heavy atom. The highest BCUT2D eigenvalue weighted by Gasteiger charge is 2.20. The monoisotopic (exact) mass is 247 g/mol. The van der Waals surface area contributed by atoms with Crippen LogP contribution in [0.5, 0.6) is 5.75 Å². The normalized spacial score (nSPS) is 13.9. The van der Waals surface area contributed by atoms with E-state index in [-0.39, 0.29) is 18.1 Å². The van der Waals surface area contributed by atoms with Gasteiger partial charge < -0.3 is 9.57 Å². The summed E-state index contributed by atoms with van der Waals surface area (Å²) >= 11 is 0. The lowest BCUT2D eigenvalue weighted by Gasteiger charge is -2.08. The maximum Gasteiger partial charge on any atom is 0.329 e. The number of hydrogen-bond donors (Lipinski definition) is 1. The van der Waals surface area contributed by atoms with Crippen LogP contribution < -0.4 is 10.2 Å². The molecule has 0 unspecified atom stereocenters. The number of allylic oxidation sites excluding steroid dienone is 1. The van der Waals surface area contributed by atoms with E-state index < -0.39 is 5.97 Å². The number of ether oxygens (including phenoxy) is 1. The van der Waals surface area contributed by atoms with Gasteiger partial charge in [-0.25, -0.2) is 5.48 Å². The number of nitrogens with one attached hydrogen (secondary N) is 1. The average molecular weight is 247 g/mol. The van der Waals surface area contributed by atoms with Gasteiger partial charge in [0.25, 0.3) is 0 Å². The Labute approximate surface area is 104 Å². The number of aryl methyl sites for hydroxylation is 1. The molecule has 1 aromatic rings. The molecule has 5 heteroatoms. The van der Waals surface area contributed by atoms with Crippen molar-refractivity contribution >= 4 is 11.8 Å². The van der Waals surface area contributed by atoms with Gasteiger partial charge in [-0.15, -0.1) is 0 Å². The Balaban J connectivity index is 2.27. The Morgan fingerprint density at radius 3 is 2.94 bits per heavy atom. The number of hydroxylamine groups is 1. The number of fused-ring (bicyclic) bond motifs is 1. The Kier molecular flexibility index (Phi) is 3.32. The first-order valence-corrected chi connectivity index (χ1v) is 5.49. The van der Waals surface area contributed by atoms with Crippen molar-refractivity contribution in [1.82, 2.24) is 5.48 Å². The van der Waals surface area contributed by atoms with Crippen LogP contribution >= 0.6 is 0 Å². The van der Waals surface area contributed by atoms with E-state index in [0.29, 0.717) is 11.3 Å². The zero-order valence-electron chi connectivity index (χ0n) is 10.1. The van der Waals surface area contributed by atoms with Crippen LogP contribution in [0.1, 0.15) is 22.8 Å². The maximum atomic E-state index is 12.2. The van der Waals surface area contributed by atoms with Crippen molar-refractivity contribution in [2.45, 2.75) is 13.8 Å². The number of rotatable bonds is 2. The van der Waals surface area contributed by atoms with Crippen molar-refractivity contribution in [1.29, 1.82) is 0 Å². The van der Waals surface area contributed by atoms with Crippen LogP contribution in [0, 0.1) is 6.92 Å². The molecule has 0 radical (unpaired) electrons. The first-order valence-electron chi connectivity index (χ1n) is 5.49. The summed E-state index contributed by atoms with van der Waals surface area (Å²) in [5, 5.41) is 0. The second-order valence-corrected chi connectivity index (χ2v) is 3.95. The van der Waals surface area contributed by atoms with Crippen molar-refractivity contribution in [2.75, 3.05) is 6.61 Å². The molecule has 0 aliphatic carbocycles. The second kappa shape index (κ2) is 4.91. The summed E-state index contributed by atoms with van der Waals surface area (Å²) < 4.78 is 5.46. The van der Waals surface area contributed by atoms with E-state index in [1.807, 2.05) is 13.0 Å². The van der Waals surface area contributed by atoms with Crippen LogP contribution in [0.3, 0.4) is 0 Å².